The third-order valence-electron chi connectivity index (χ3n) is 2.62. The fourth-order valence-electron chi connectivity index (χ4n) is 1.86. The van der Waals surface area contributed by atoms with Gasteiger partial charge in [0.2, 0.25) is 0 Å². The van der Waals surface area contributed by atoms with Gasteiger partial charge in [0, 0.05) is 0 Å². The average molecular weight is 248 g/mol. The molecule has 3 amide bonds. The summed E-state index contributed by atoms with van der Waals surface area (Å²) in [5.74, 6) is -1.55. The van der Waals surface area contributed by atoms with Crippen LogP contribution in [0.25, 0.3) is 0 Å². The number of aryl methyl sites for hydroxylation is 1. The Labute approximate surface area is 103 Å². The zero-order valence-electron chi connectivity index (χ0n) is 9.79. The molecule has 0 atom stereocenters. The lowest BCUT2D eigenvalue weighted by Crippen LogP contribution is -2.35. The molecule has 0 radical (unpaired) electrons. The first-order valence-corrected chi connectivity index (χ1v) is 5.39. The minimum absolute atomic E-state index is 0.195. The maximum atomic E-state index is 11.9. The molecular weight excluding hydrogens is 236 g/mol. The van der Waals surface area contributed by atoms with Crippen LogP contribution in [0, 0.1) is 6.92 Å². The molecule has 1 N–H and O–H groups in total. The van der Waals surface area contributed by atoms with E-state index in [0.29, 0.717) is 5.69 Å². The van der Waals surface area contributed by atoms with Crippen molar-refractivity contribution >= 4 is 23.6 Å². The standard InChI is InChI=1S/C12H12N2O4/c1-8-3-2-4-9(5-8)14-10(15)6-13(12(14)18)7-11(16)17/h2-5H,6-7H2,1H3,(H,16,17). The molecule has 1 heterocycles. The zero-order chi connectivity index (χ0) is 13.3. The van der Waals surface area contributed by atoms with Gasteiger partial charge in [-0.2, -0.15) is 0 Å². The van der Waals surface area contributed by atoms with E-state index in [2.05, 4.69) is 0 Å². The summed E-state index contributed by atoms with van der Waals surface area (Å²) in [5, 5.41) is 8.66. The highest BCUT2D eigenvalue weighted by atomic mass is 16.4. The number of carboxylic acid groups (broad SMARTS) is 1. The summed E-state index contributed by atoms with van der Waals surface area (Å²) >= 11 is 0. The molecule has 0 aromatic heterocycles. The number of rotatable bonds is 3. The summed E-state index contributed by atoms with van der Waals surface area (Å²) in [7, 11) is 0. The summed E-state index contributed by atoms with van der Waals surface area (Å²) < 4.78 is 0. The van der Waals surface area contributed by atoms with Gasteiger partial charge < -0.3 is 10.0 Å². The normalized spacial score (nSPS) is 15.4. The fraction of sp³-hybridized carbons (Fsp3) is 0.250. The Morgan fingerprint density at radius 3 is 2.72 bits per heavy atom. The lowest BCUT2D eigenvalue weighted by atomic mass is 10.2. The van der Waals surface area contributed by atoms with E-state index in [1.807, 2.05) is 13.0 Å². The van der Waals surface area contributed by atoms with E-state index in [-0.39, 0.29) is 6.54 Å². The van der Waals surface area contributed by atoms with E-state index in [4.69, 9.17) is 5.11 Å². The Morgan fingerprint density at radius 1 is 1.39 bits per heavy atom. The van der Waals surface area contributed by atoms with Crippen molar-refractivity contribution in [3.05, 3.63) is 29.8 Å². The van der Waals surface area contributed by atoms with Crippen LogP contribution in [0.3, 0.4) is 0 Å². The maximum absolute atomic E-state index is 11.9. The Morgan fingerprint density at radius 2 is 2.11 bits per heavy atom. The molecule has 1 aliphatic heterocycles. The number of hydrogen-bond acceptors (Lipinski definition) is 3. The number of urea groups is 1. The van der Waals surface area contributed by atoms with Crippen LogP contribution in [0.15, 0.2) is 24.3 Å². The van der Waals surface area contributed by atoms with Gasteiger partial charge in [-0.15, -0.1) is 0 Å². The van der Waals surface area contributed by atoms with Crippen molar-refractivity contribution in [1.82, 2.24) is 4.90 Å². The first kappa shape index (κ1) is 12.1. The lowest BCUT2D eigenvalue weighted by Gasteiger charge is -2.15. The van der Waals surface area contributed by atoms with Crippen molar-refractivity contribution in [3.63, 3.8) is 0 Å². The third kappa shape index (κ3) is 2.17. The molecule has 1 aromatic rings. The monoisotopic (exact) mass is 248 g/mol. The second-order valence-corrected chi connectivity index (χ2v) is 4.10. The molecule has 0 bridgehead atoms. The minimum atomic E-state index is -1.14. The highest BCUT2D eigenvalue weighted by molar-refractivity contribution is 6.20. The summed E-state index contributed by atoms with van der Waals surface area (Å²) in [6.45, 7) is 1.19. The van der Waals surface area contributed by atoms with Gasteiger partial charge in [0.1, 0.15) is 13.1 Å². The van der Waals surface area contributed by atoms with E-state index in [0.717, 1.165) is 15.4 Å². The molecule has 0 aliphatic carbocycles. The number of amides is 3. The van der Waals surface area contributed by atoms with Crippen LogP contribution in [0.4, 0.5) is 10.5 Å². The van der Waals surface area contributed by atoms with Gasteiger partial charge in [-0.1, -0.05) is 12.1 Å². The average Bonchev–Trinajstić information content (AvgIpc) is 2.53. The first-order valence-electron chi connectivity index (χ1n) is 5.39. The smallest absolute Gasteiger partial charge is 0.332 e. The predicted molar refractivity (Wildman–Crippen MR) is 63.3 cm³/mol. The second kappa shape index (κ2) is 4.48. The highest BCUT2D eigenvalue weighted by Gasteiger charge is 2.37. The number of benzene rings is 1. The Kier molecular flexibility index (Phi) is 3.01. The van der Waals surface area contributed by atoms with Crippen molar-refractivity contribution in [3.8, 4) is 0 Å². The summed E-state index contributed by atoms with van der Waals surface area (Å²) in [6.07, 6.45) is 0. The highest BCUT2D eigenvalue weighted by Crippen LogP contribution is 2.21. The Bertz CT molecular complexity index is 527. The van der Waals surface area contributed by atoms with Crippen molar-refractivity contribution in [1.29, 1.82) is 0 Å². The number of hydrogen-bond donors (Lipinski definition) is 1. The number of anilines is 1. The van der Waals surface area contributed by atoms with Crippen LogP contribution in [-0.2, 0) is 9.59 Å². The SMILES string of the molecule is Cc1cccc(N2C(=O)CN(CC(=O)O)C2=O)c1. The largest absolute Gasteiger partial charge is 0.480 e. The molecule has 0 saturated carbocycles. The van der Waals surface area contributed by atoms with Crippen molar-refractivity contribution in [2.75, 3.05) is 18.0 Å². The van der Waals surface area contributed by atoms with E-state index in [1.165, 1.54) is 0 Å². The molecule has 6 heteroatoms. The molecule has 18 heavy (non-hydrogen) atoms. The van der Waals surface area contributed by atoms with Gasteiger partial charge in [0.15, 0.2) is 0 Å². The predicted octanol–water partition coefficient (Wildman–Crippen LogP) is 0.848. The van der Waals surface area contributed by atoms with Crippen LogP contribution >= 0.6 is 0 Å². The summed E-state index contributed by atoms with van der Waals surface area (Å²) in [6, 6.07) is 6.36. The molecule has 0 unspecified atom stereocenters. The summed E-state index contributed by atoms with van der Waals surface area (Å²) in [4.78, 5) is 36.3. The van der Waals surface area contributed by atoms with Gasteiger partial charge in [0.05, 0.1) is 5.69 Å². The minimum Gasteiger partial charge on any atom is -0.480 e. The molecule has 1 fully saturated rings. The Balaban J connectivity index is 2.27. The number of carbonyl (C=O) groups is 3. The van der Waals surface area contributed by atoms with E-state index in [9.17, 15) is 14.4 Å². The first-order chi connectivity index (χ1) is 8.49. The molecule has 94 valence electrons. The second-order valence-electron chi connectivity index (χ2n) is 4.10. The molecule has 1 saturated heterocycles. The van der Waals surface area contributed by atoms with Crippen molar-refractivity contribution < 1.29 is 19.5 Å². The zero-order valence-corrected chi connectivity index (χ0v) is 9.79. The molecule has 0 spiro atoms. The fourth-order valence-corrected chi connectivity index (χ4v) is 1.86. The van der Waals surface area contributed by atoms with Crippen molar-refractivity contribution in [2.24, 2.45) is 0 Å². The number of carbonyl (C=O) groups excluding carboxylic acids is 2. The maximum Gasteiger partial charge on any atom is 0.332 e. The van der Waals surface area contributed by atoms with Gasteiger partial charge in [-0.25, -0.2) is 9.69 Å². The van der Waals surface area contributed by atoms with Crippen LogP contribution in [-0.4, -0.2) is 41.0 Å². The topological polar surface area (TPSA) is 77.9 Å². The van der Waals surface area contributed by atoms with Gasteiger partial charge in [-0.05, 0) is 24.6 Å². The van der Waals surface area contributed by atoms with E-state index >= 15 is 0 Å². The lowest BCUT2D eigenvalue weighted by molar-refractivity contribution is -0.137. The Hall–Kier alpha value is -2.37. The van der Waals surface area contributed by atoms with Crippen molar-refractivity contribution in [2.45, 2.75) is 6.92 Å². The number of aliphatic carboxylic acids is 1. The molecular formula is C12H12N2O4. The molecule has 1 aromatic carbocycles. The molecule has 6 nitrogen and oxygen atoms in total. The number of nitrogens with zero attached hydrogens (tertiary/aromatic N) is 2. The van der Waals surface area contributed by atoms with E-state index < -0.39 is 24.5 Å². The van der Waals surface area contributed by atoms with Gasteiger partial charge >= 0.3 is 12.0 Å². The van der Waals surface area contributed by atoms with Crippen LogP contribution < -0.4 is 4.90 Å². The quantitative estimate of drug-likeness (QED) is 0.804. The third-order valence-corrected chi connectivity index (χ3v) is 2.62. The van der Waals surface area contributed by atoms with E-state index in [1.54, 1.807) is 18.2 Å². The van der Waals surface area contributed by atoms with Crippen LogP contribution in [0.1, 0.15) is 5.56 Å². The van der Waals surface area contributed by atoms with Crippen LogP contribution in [0.2, 0.25) is 0 Å². The number of carboxylic acids is 1. The molecule has 1 aliphatic rings. The van der Waals surface area contributed by atoms with Gasteiger partial charge in [0.25, 0.3) is 5.91 Å². The molecule has 2 rings (SSSR count). The summed E-state index contributed by atoms with van der Waals surface area (Å²) in [5.41, 5.74) is 1.39. The van der Waals surface area contributed by atoms with Crippen LogP contribution in [0.5, 0.6) is 0 Å². The number of imide groups is 1. The van der Waals surface area contributed by atoms with Gasteiger partial charge in [-0.3, -0.25) is 9.59 Å².